The molecule has 25 heavy (non-hydrogen) atoms. The predicted octanol–water partition coefficient (Wildman–Crippen LogP) is 4.58. The van der Waals surface area contributed by atoms with E-state index in [1.807, 2.05) is 0 Å². The monoisotopic (exact) mass is 393 g/mol. The van der Waals surface area contributed by atoms with Crippen LogP contribution >= 0.6 is 35.6 Å². The maximum Gasteiger partial charge on any atom is 0.335 e. The van der Waals surface area contributed by atoms with Gasteiger partial charge in [0.2, 0.25) is 0 Å². The van der Waals surface area contributed by atoms with E-state index in [0.717, 1.165) is 11.8 Å². The molecule has 1 amide bonds. The lowest BCUT2D eigenvalue weighted by atomic mass is 10.1. The Morgan fingerprint density at radius 2 is 2.00 bits per heavy atom. The van der Waals surface area contributed by atoms with Crippen LogP contribution in [-0.4, -0.2) is 21.3 Å². The van der Waals surface area contributed by atoms with Gasteiger partial charge in [-0.05, 0) is 36.4 Å². The van der Waals surface area contributed by atoms with Gasteiger partial charge in [-0.15, -0.1) is 0 Å². The minimum atomic E-state index is -1.11. The second-order valence-corrected chi connectivity index (χ2v) is 7.09. The summed E-state index contributed by atoms with van der Waals surface area (Å²) < 4.78 is 14.2. The average Bonchev–Trinajstić information content (AvgIpc) is 2.85. The summed E-state index contributed by atoms with van der Waals surface area (Å²) in [7, 11) is 0. The number of hydrogen-bond acceptors (Lipinski definition) is 4. The van der Waals surface area contributed by atoms with Gasteiger partial charge in [-0.3, -0.25) is 9.69 Å². The molecule has 0 bridgehead atoms. The highest BCUT2D eigenvalue weighted by atomic mass is 35.5. The average molecular weight is 394 g/mol. The number of anilines is 1. The first-order chi connectivity index (χ1) is 11.9. The number of carbonyl (C=O) groups is 2. The summed E-state index contributed by atoms with van der Waals surface area (Å²) >= 11 is 12.2. The Bertz CT molecular complexity index is 925. The molecule has 1 fully saturated rings. The van der Waals surface area contributed by atoms with E-state index in [0.29, 0.717) is 5.69 Å². The standard InChI is InChI=1S/C17H9ClFNO3S2/c18-12-5-2-6-13(19)11(12)8-14-15(21)20(17(24)25-14)10-4-1-3-9(7-10)16(22)23/h1-8H,(H,22,23)/b14-8-. The molecule has 126 valence electrons. The number of rotatable bonds is 3. The number of aromatic carboxylic acids is 1. The van der Waals surface area contributed by atoms with Crippen LogP contribution in [0.1, 0.15) is 15.9 Å². The van der Waals surface area contributed by atoms with Gasteiger partial charge in [0, 0.05) is 5.56 Å². The lowest BCUT2D eigenvalue weighted by molar-refractivity contribution is -0.113. The third kappa shape index (κ3) is 3.44. The number of carbonyl (C=O) groups excluding carboxylic acids is 1. The van der Waals surface area contributed by atoms with Gasteiger partial charge in [0.25, 0.3) is 5.91 Å². The van der Waals surface area contributed by atoms with Gasteiger partial charge in [0.15, 0.2) is 4.32 Å². The van der Waals surface area contributed by atoms with Crippen molar-refractivity contribution in [3.63, 3.8) is 0 Å². The first-order valence-corrected chi connectivity index (χ1v) is 8.54. The maximum atomic E-state index is 13.9. The predicted molar refractivity (Wildman–Crippen MR) is 100 cm³/mol. The molecule has 0 aromatic heterocycles. The summed E-state index contributed by atoms with van der Waals surface area (Å²) in [5.74, 6) is -2.12. The van der Waals surface area contributed by atoms with E-state index in [1.54, 1.807) is 6.07 Å². The molecule has 0 spiro atoms. The number of thioether (sulfide) groups is 1. The summed E-state index contributed by atoms with van der Waals surface area (Å²) in [5.41, 5.74) is 0.474. The number of amides is 1. The second kappa shape index (κ2) is 6.95. The SMILES string of the molecule is O=C(O)c1cccc(N2C(=O)/C(=C/c3c(F)cccc3Cl)SC2=S)c1. The van der Waals surface area contributed by atoms with Crippen molar-refractivity contribution < 1.29 is 19.1 Å². The van der Waals surface area contributed by atoms with Crippen LogP contribution in [0.5, 0.6) is 0 Å². The van der Waals surface area contributed by atoms with E-state index in [1.165, 1.54) is 47.4 Å². The Balaban J connectivity index is 2.00. The van der Waals surface area contributed by atoms with Crippen LogP contribution in [0.25, 0.3) is 6.08 Å². The molecule has 0 aliphatic carbocycles. The highest BCUT2D eigenvalue weighted by molar-refractivity contribution is 8.27. The van der Waals surface area contributed by atoms with E-state index >= 15 is 0 Å². The van der Waals surface area contributed by atoms with Crippen molar-refractivity contribution in [2.45, 2.75) is 0 Å². The third-order valence-electron chi connectivity index (χ3n) is 3.42. The largest absolute Gasteiger partial charge is 0.478 e. The zero-order valence-corrected chi connectivity index (χ0v) is 14.8. The first kappa shape index (κ1) is 17.6. The molecule has 1 N–H and O–H groups in total. The summed E-state index contributed by atoms with van der Waals surface area (Å²) in [6, 6.07) is 10.1. The first-order valence-electron chi connectivity index (χ1n) is 6.94. The lowest BCUT2D eigenvalue weighted by Gasteiger charge is -2.14. The lowest BCUT2D eigenvalue weighted by Crippen LogP contribution is -2.27. The Kier molecular flexibility index (Phi) is 4.89. The molecule has 1 saturated heterocycles. The highest BCUT2D eigenvalue weighted by Gasteiger charge is 2.34. The smallest absolute Gasteiger partial charge is 0.335 e. The van der Waals surface area contributed by atoms with Crippen LogP contribution in [0, 0.1) is 5.82 Å². The van der Waals surface area contributed by atoms with E-state index in [2.05, 4.69) is 0 Å². The molecule has 1 aliphatic heterocycles. The summed E-state index contributed by atoms with van der Waals surface area (Å²) in [6.07, 6.45) is 1.35. The highest BCUT2D eigenvalue weighted by Crippen LogP contribution is 2.37. The van der Waals surface area contributed by atoms with Crippen molar-refractivity contribution in [2.24, 2.45) is 0 Å². The third-order valence-corrected chi connectivity index (χ3v) is 5.05. The molecule has 0 atom stereocenters. The molecule has 0 radical (unpaired) electrons. The minimum absolute atomic E-state index is 0.0349. The van der Waals surface area contributed by atoms with Crippen LogP contribution in [-0.2, 0) is 4.79 Å². The van der Waals surface area contributed by atoms with Crippen LogP contribution < -0.4 is 4.90 Å². The maximum absolute atomic E-state index is 13.9. The Hall–Kier alpha value is -2.22. The molecule has 0 saturated carbocycles. The molecule has 8 heteroatoms. The van der Waals surface area contributed by atoms with Gasteiger partial charge < -0.3 is 5.11 Å². The van der Waals surface area contributed by atoms with Gasteiger partial charge in [-0.1, -0.05) is 47.7 Å². The normalized spacial score (nSPS) is 15.9. The fraction of sp³-hybridized carbons (Fsp3) is 0. The zero-order chi connectivity index (χ0) is 18.1. The fourth-order valence-electron chi connectivity index (χ4n) is 2.25. The zero-order valence-electron chi connectivity index (χ0n) is 12.4. The van der Waals surface area contributed by atoms with E-state index in [4.69, 9.17) is 28.9 Å². The minimum Gasteiger partial charge on any atom is -0.478 e. The number of carboxylic acids is 1. The molecular formula is C17H9ClFNO3S2. The Labute approximate surface area is 156 Å². The Morgan fingerprint density at radius 3 is 2.68 bits per heavy atom. The van der Waals surface area contributed by atoms with Crippen molar-refractivity contribution in [1.29, 1.82) is 0 Å². The molecular weight excluding hydrogens is 385 g/mol. The summed E-state index contributed by atoms with van der Waals surface area (Å²) in [5, 5.41) is 9.26. The Morgan fingerprint density at radius 1 is 1.28 bits per heavy atom. The van der Waals surface area contributed by atoms with Crippen molar-refractivity contribution >= 4 is 63.5 Å². The molecule has 1 heterocycles. The molecule has 3 rings (SSSR count). The van der Waals surface area contributed by atoms with Gasteiger partial charge in [-0.25, -0.2) is 9.18 Å². The second-order valence-electron chi connectivity index (χ2n) is 5.01. The van der Waals surface area contributed by atoms with Crippen LogP contribution in [0.3, 0.4) is 0 Å². The summed E-state index contributed by atoms with van der Waals surface area (Å²) in [4.78, 5) is 25.2. The van der Waals surface area contributed by atoms with Gasteiger partial charge in [-0.2, -0.15) is 0 Å². The number of halogens is 2. The van der Waals surface area contributed by atoms with Crippen molar-refractivity contribution in [3.8, 4) is 0 Å². The van der Waals surface area contributed by atoms with E-state index < -0.39 is 17.7 Å². The number of nitrogens with zero attached hydrogens (tertiary/aromatic N) is 1. The van der Waals surface area contributed by atoms with Crippen LogP contribution in [0.15, 0.2) is 47.4 Å². The molecule has 1 aliphatic rings. The van der Waals surface area contributed by atoms with E-state index in [-0.39, 0.29) is 25.4 Å². The number of carboxylic acid groups (broad SMARTS) is 1. The quantitative estimate of drug-likeness (QED) is 0.610. The van der Waals surface area contributed by atoms with Crippen LogP contribution in [0.2, 0.25) is 5.02 Å². The summed E-state index contributed by atoms with van der Waals surface area (Å²) in [6.45, 7) is 0. The molecule has 2 aromatic carbocycles. The molecule has 0 unspecified atom stereocenters. The molecule has 2 aromatic rings. The number of hydrogen-bond donors (Lipinski definition) is 1. The number of thiocarbonyl (C=S) groups is 1. The van der Waals surface area contributed by atoms with Crippen LogP contribution in [0.4, 0.5) is 10.1 Å². The topological polar surface area (TPSA) is 57.6 Å². The van der Waals surface area contributed by atoms with Gasteiger partial charge >= 0.3 is 5.97 Å². The van der Waals surface area contributed by atoms with Crippen molar-refractivity contribution in [3.05, 3.63) is 69.3 Å². The van der Waals surface area contributed by atoms with Gasteiger partial charge in [0.05, 0.1) is 21.2 Å². The van der Waals surface area contributed by atoms with Crippen molar-refractivity contribution in [2.75, 3.05) is 4.90 Å². The fourth-order valence-corrected chi connectivity index (χ4v) is 3.75. The van der Waals surface area contributed by atoms with Crippen molar-refractivity contribution in [1.82, 2.24) is 0 Å². The van der Waals surface area contributed by atoms with Gasteiger partial charge in [0.1, 0.15) is 5.82 Å². The van der Waals surface area contributed by atoms with E-state index in [9.17, 15) is 14.0 Å². The number of benzene rings is 2. The molecule has 4 nitrogen and oxygen atoms in total.